The summed E-state index contributed by atoms with van der Waals surface area (Å²) in [4.78, 5) is 19.8. The minimum absolute atomic E-state index is 0.103. The minimum Gasteiger partial charge on any atom is -0.491 e. The molecule has 7 nitrogen and oxygen atoms in total. The van der Waals surface area contributed by atoms with E-state index in [1.807, 2.05) is 12.1 Å². The van der Waals surface area contributed by atoms with Crippen LogP contribution in [0.5, 0.6) is 5.75 Å². The Bertz CT molecular complexity index is 1140. The topological polar surface area (TPSA) is 92.3 Å². The van der Waals surface area contributed by atoms with Crippen LogP contribution in [0.15, 0.2) is 36.8 Å². The molecule has 4 heterocycles. The third kappa shape index (κ3) is 3.10. The smallest absolute Gasteiger partial charge is 0.146 e. The van der Waals surface area contributed by atoms with Crippen molar-refractivity contribution < 1.29 is 14.3 Å². The number of fused-ring (bicyclic) bond motifs is 3. The van der Waals surface area contributed by atoms with Gasteiger partial charge in [0.05, 0.1) is 11.5 Å². The monoisotopic (exact) mass is 418 g/mol. The fraction of sp³-hybridized carbons (Fsp3) is 0.458. The first-order valence-electron chi connectivity index (χ1n) is 11.1. The number of ether oxygens (including phenoxy) is 2. The van der Waals surface area contributed by atoms with E-state index in [1.165, 1.54) is 6.33 Å². The van der Waals surface area contributed by atoms with Gasteiger partial charge < -0.3 is 24.6 Å². The van der Waals surface area contributed by atoms with Crippen LogP contribution in [-0.4, -0.2) is 39.1 Å². The molecule has 3 aliphatic rings. The van der Waals surface area contributed by atoms with Gasteiger partial charge in [-0.1, -0.05) is 12.1 Å². The van der Waals surface area contributed by atoms with E-state index in [-0.39, 0.29) is 17.6 Å². The van der Waals surface area contributed by atoms with Gasteiger partial charge >= 0.3 is 0 Å². The second-order valence-electron chi connectivity index (χ2n) is 9.25. The van der Waals surface area contributed by atoms with Crippen molar-refractivity contribution in [2.24, 2.45) is 5.92 Å². The third-order valence-corrected chi connectivity index (χ3v) is 7.28. The van der Waals surface area contributed by atoms with Crippen LogP contribution in [0.2, 0.25) is 0 Å². The number of carbonyl (C=O) groups excluding carboxylic acids is 1. The number of benzene rings is 1. The molecular formula is C24H26N4O3. The highest BCUT2D eigenvalue weighted by Crippen LogP contribution is 2.44. The van der Waals surface area contributed by atoms with Crippen molar-refractivity contribution in [3.05, 3.63) is 36.8 Å². The van der Waals surface area contributed by atoms with Crippen LogP contribution < -0.4 is 10.5 Å². The number of hydrogen-bond donors (Lipinski definition) is 1. The van der Waals surface area contributed by atoms with Gasteiger partial charge in [0.25, 0.3) is 0 Å². The maximum absolute atomic E-state index is 11.1. The molecule has 0 unspecified atom stereocenters. The number of carbonyl (C=O) groups is 1. The largest absolute Gasteiger partial charge is 0.491 e. The van der Waals surface area contributed by atoms with Crippen molar-refractivity contribution in [2.45, 2.75) is 56.3 Å². The maximum atomic E-state index is 11.1. The molecule has 3 fully saturated rings. The summed E-state index contributed by atoms with van der Waals surface area (Å²) in [6.07, 6.45) is 11.2. The fourth-order valence-corrected chi connectivity index (χ4v) is 5.43. The Kier molecular flexibility index (Phi) is 4.28. The van der Waals surface area contributed by atoms with Gasteiger partial charge in [-0.2, -0.15) is 0 Å². The number of nitrogens with two attached hydrogens (primary N) is 1. The number of nitrogen functional groups attached to an aromatic ring is 1. The molecule has 160 valence electrons. The van der Waals surface area contributed by atoms with Crippen LogP contribution in [0.3, 0.4) is 0 Å². The number of rotatable bonds is 6. The Morgan fingerprint density at radius 1 is 1.26 bits per heavy atom. The first-order chi connectivity index (χ1) is 15.1. The molecule has 0 atom stereocenters. The van der Waals surface area contributed by atoms with Gasteiger partial charge in [0.15, 0.2) is 0 Å². The first kappa shape index (κ1) is 18.8. The number of hydrogen-bond acceptors (Lipinski definition) is 6. The number of anilines is 1. The quantitative estimate of drug-likeness (QED) is 0.610. The number of aldehydes is 1. The second kappa shape index (κ2) is 7.05. The molecule has 2 aliphatic heterocycles. The molecule has 1 saturated carbocycles. The zero-order valence-electron chi connectivity index (χ0n) is 17.4. The van der Waals surface area contributed by atoms with Crippen molar-refractivity contribution in [3.63, 3.8) is 0 Å². The van der Waals surface area contributed by atoms with Gasteiger partial charge in [-0.15, -0.1) is 0 Å². The zero-order valence-corrected chi connectivity index (χ0v) is 17.4. The van der Waals surface area contributed by atoms with Crippen LogP contribution in [0, 0.1) is 5.92 Å². The van der Waals surface area contributed by atoms with Crippen LogP contribution in [-0.2, 0) is 9.53 Å². The summed E-state index contributed by atoms with van der Waals surface area (Å²) in [6.45, 7) is 0.592. The van der Waals surface area contributed by atoms with Crippen molar-refractivity contribution in [2.75, 3.05) is 12.3 Å². The molecular weight excluding hydrogens is 392 g/mol. The summed E-state index contributed by atoms with van der Waals surface area (Å²) in [7, 11) is 0. The highest BCUT2D eigenvalue weighted by Gasteiger charge is 2.46. The normalized spacial score (nSPS) is 29.2. The molecule has 1 aliphatic carbocycles. The molecule has 2 bridgehead atoms. The van der Waals surface area contributed by atoms with E-state index in [1.54, 1.807) is 0 Å². The summed E-state index contributed by atoms with van der Waals surface area (Å²) < 4.78 is 14.5. The van der Waals surface area contributed by atoms with Crippen LogP contribution in [0.4, 0.5) is 5.82 Å². The van der Waals surface area contributed by atoms with E-state index in [0.29, 0.717) is 18.5 Å². The Balaban J connectivity index is 1.32. The van der Waals surface area contributed by atoms with Gasteiger partial charge in [0.1, 0.15) is 42.0 Å². The summed E-state index contributed by atoms with van der Waals surface area (Å²) in [6, 6.07) is 8.36. The lowest BCUT2D eigenvalue weighted by Gasteiger charge is -2.33. The standard InChI is InChI=1S/C24H26N4O3/c25-22-21-20(11-28(23(21)27-14-26-22)17-8-15(9-17)12-29)16-2-1-3-19(10-16)30-13-24-6-4-18(31-24)5-7-24/h1-3,10-12,14-15,17-18H,4-9,13H2,(H2,25,26,27). The fourth-order valence-electron chi connectivity index (χ4n) is 5.43. The van der Waals surface area contributed by atoms with Gasteiger partial charge in [-0.25, -0.2) is 9.97 Å². The Hall–Kier alpha value is -2.93. The average molecular weight is 418 g/mol. The molecule has 2 saturated heterocycles. The first-order valence-corrected chi connectivity index (χ1v) is 11.1. The predicted molar refractivity (Wildman–Crippen MR) is 117 cm³/mol. The lowest BCUT2D eigenvalue weighted by atomic mass is 9.81. The third-order valence-electron chi connectivity index (χ3n) is 7.28. The highest BCUT2D eigenvalue weighted by atomic mass is 16.6. The van der Waals surface area contributed by atoms with Crippen molar-refractivity contribution in [1.29, 1.82) is 0 Å². The van der Waals surface area contributed by atoms with Gasteiger partial charge in [-0.05, 0) is 56.2 Å². The molecule has 2 N–H and O–H groups in total. The van der Waals surface area contributed by atoms with E-state index in [2.05, 4.69) is 32.9 Å². The van der Waals surface area contributed by atoms with Crippen LogP contribution in [0.25, 0.3) is 22.2 Å². The van der Waals surface area contributed by atoms with Crippen molar-refractivity contribution in [3.8, 4) is 16.9 Å². The van der Waals surface area contributed by atoms with Gasteiger partial charge in [-0.3, -0.25) is 0 Å². The van der Waals surface area contributed by atoms with Gasteiger partial charge in [0.2, 0.25) is 0 Å². The van der Waals surface area contributed by atoms with Crippen molar-refractivity contribution in [1.82, 2.24) is 14.5 Å². The Labute approximate surface area is 180 Å². The van der Waals surface area contributed by atoms with Crippen LogP contribution in [0.1, 0.15) is 44.6 Å². The molecule has 3 aromatic rings. The summed E-state index contributed by atoms with van der Waals surface area (Å²) in [5.74, 6) is 1.42. The number of aromatic nitrogens is 3. The molecule has 31 heavy (non-hydrogen) atoms. The lowest BCUT2D eigenvalue weighted by Crippen LogP contribution is -2.32. The second-order valence-corrected chi connectivity index (χ2v) is 9.25. The molecule has 2 aromatic heterocycles. The van der Waals surface area contributed by atoms with E-state index >= 15 is 0 Å². The lowest BCUT2D eigenvalue weighted by molar-refractivity contribution is -0.114. The molecule has 1 aromatic carbocycles. The molecule has 7 heteroatoms. The molecule has 0 spiro atoms. The van der Waals surface area contributed by atoms with E-state index in [0.717, 1.165) is 72.7 Å². The van der Waals surface area contributed by atoms with Crippen molar-refractivity contribution >= 4 is 23.1 Å². The summed E-state index contributed by atoms with van der Waals surface area (Å²) in [5, 5.41) is 0.852. The van der Waals surface area contributed by atoms with Crippen LogP contribution >= 0.6 is 0 Å². The Morgan fingerprint density at radius 3 is 2.84 bits per heavy atom. The zero-order chi connectivity index (χ0) is 21.0. The SMILES string of the molecule is Nc1ncnc2c1c(-c1cccc(OCC34CCC(CC3)O4)c1)cn2C1CC(C=O)C1. The van der Waals surface area contributed by atoms with Gasteiger partial charge in [0, 0.05) is 23.7 Å². The number of nitrogens with zero attached hydrogens (tertiary/aromatic N) is 3. The Morgan fingerprint density at radius 2 is 2.10 bits per heavy atom. The minimum atomic E-state index is -0.103. The molecule has 0 amide bonds. The average Bonchev–Trinajstić information content (AvgIpc) is 3.46. The highest BCUT2D eigenvalue weighted by molar-refractivity contribution is 6.00. The summed E-state index contributed by atoms with van der Waals surface area (Å²) in [5.41, 5.74) is 8.99. The van der Waals surface area contributed by atoms with E-state index in [9.17, 15) is 4.79 Å². The molecule has 6 rings (SSSR count). The van der Waals surface area contributed by atoms with E-state index < -0.39 is 0 Å². The van der Waals surface area contributed by atoms with E-state index in [4.69, 9.17) is 15.2 Å². The summed E-state index contributed by atoms with van der Waals surface area (Å²) >= 11 is 0. The predicted octanol–water partition coefficient (Wildman–Crippen LogP) is 3.92. The molecule has 0 radical (unpaired) electrons. The maximum Gasteiger partial charge on any atom is 0.146 e.